The Kier molecular flexibility index (Phi) is 4.09. The molecule has 1 fully saturated rings. The molecule has 7 nitrogen and oxygen atoms in total. The zero-order valence-electron chi connectivity index (χ0n) is 15.4. The average molecular weight is 365 g/mol. The smallest absolute Gasteiger partial charge is 0.157 e. The Balaban J connectivity index is 1.39. The molecule has 5 rings (SSSR count). The van der Waals surface area contributed by atoms with Gasteiger partial charge in [0.1, 0.15) is 23.4 Å². The molecule has 0 amide bonds. The summed E-state index contributed by atoms with van der Waals surface area (Å²) in [4.78, 5) is 7.19. The van der Waals surface area contributed by atoms with Crippen molar-refractivity contribution in [1.82, 2.24) is 19.9 Å². The van der Waals surface area contributed by atoms with Gasteiger partial charge in [-0.15, -0.1) is 0 Å². The first kappa shape index (κ1) is 16.4. The van der Waals surface area contributed by atoms with Gasteiger partial charge in [-0.25, -0.2) is 4.98 Å². The largest absolute Gasteiger partial charge is 0.497 e. The zero-order valence-corrected chi connectivity index (χ0v) is 15.4. The molecule has 7 heteroatoms. The van der Waals surface area contributed by atoms with Crippen molar-refractivity contribution < 1.29 is 9.47 Å². The van der Waals surface area contributed by atoms with Gasteiger partial charge in [0.25, 0.3) is 0 Å². The summed E-state index contributed by atoms with van der Waals surface area (Å²) in [6.45, 7) is 3.64. The van der Waals surface area contributed by atoms with Gasteiger partial charge in [0.15, 0.2) is 5.65 Å². The fourth-order valence-corrected chi connectivity index (χ4v) is 3.89. The van der Waals surface area contributed by atoms with Gasteiger partial charge in [-0.1, -0.05) is 6.07 Å². The minimum absolute atomic E-state index is 0.162. The van der Waals surface area contributed by atoms with E-state index in [1.165, 1.54) is 17.1 Å². The van der Waals surface area contributed by atoms with E-state index in [0.717, 1.165) is 56.2 Å². The minimum atomic E-state index is 0.162. The van der Waals surface area contributed by atoms with Crippen LogP contribution in [0.4, 0.5) is 5.82 Å². The number of ether oxygens (including phenoxy) is 2. The van der Waals surface area contributed by atoms with Crippen LogP contribution in [-0.2, 0) is 12.8 Å². The molecule has 2 aliphatic rings. The van der Waals surface area contributed by atoms with Gasteiger partial charge in [0.2, 0.25) is 0 Å². The first-order valence-electron chi connectivity index (χ1n) is 9.43. The minimum Gasteiger partial charge on any atom is -0.497 e. The summed E-state index contributed by atoms with van der Waals surface area (Å²) in [5.74, 6) is 2.84. The number of rotatable bonds is 4. The van der Waals surface area contributed by atoms with E-state index in [1.54, 1.807) is 7.11 Å². The number of aromatic nitrogens is 3. The third-order valence-electron chi connectivity index (χ3n) is 5.27. The van der Waals surface area contributed by atoms with E-state index >= 15 is 0 Å². The van der Waals surface area contributed by atoms with Gasteiger partial charge in [0.05, 0.1) is 32.1 Å². The number of nitrogens with one attached hydrogen (secondary N) is 1. The lowest BCUT2D eigenvalue weighted by atomic mass is 10.1. The molecule has 0 radical (unpaired) electrons. The van der Waals surface area contributed by atoms with Crippen molar-refractivity contribution in [2.45, 2.75) is 18.9 Å². The second-order valence-corrected chi connectivity index (χ2v) is 7.04. The Morgan fingerprint density at radius 1 is 1.11 bits per heavy atom. The maximum Gasteiger partial charge on any atom is 0.157 e. The fraction of sp³-hybridized carbons (Fsp3) is 0.400. The number of nitrogens with zero attached hydrogens (tertiary/aromatic N) is 4. The molecule has 2 aliphatic heterocycles. The second kappa shape index (κ2) is 6.74. The SMILES string of the molecule is COc1cccc(OC2CN(c3c4c(nc5ccnn35)CCNCC4)C2)c1. The third-order valence-corrected chi connectivity index (χ3v) is 5.27. The summed E-state index contributed by atoms with van der Waals surface area (Å²) < 4.78 is 13.4. The van der Waals surface area contributed by atoms with Gasteiger partial charge < -0.3 is 19.7 Å². The lowest BCUT2D eigenvalue weighted by Crippen LogP contribution is -2.55. The number of hydrogen-bond donors (Lipinski definition) is 1. The van der Waals surface area contributed by atoms with Crippen LogP contribution in [0, 0.1) is 0 Å². The highest BCUT2D eigenvalue weighted by Gasteiger charge is 2.33. The fourth-order valence-electron chi connectivity index (χ4n) is 3.89. The zero-order chi connectivity index (χ0) is 18.2. The molecule has 3 aromatic rings. The van der Waals surface area contributed by atoms with Crippen molar-refractivity contribution in [1.29, 1.82) is 0 Å². The Hall–Kier alpha value is -2.80. The highest BCUT2D eigenvalue weighted by atomic mass is 16.5. The lowest BCUT2D eigenvalue weighted by molar-refractivity contribution is 0.165. The predicted octanol–water partition coefficient (Wildman–Crippen LogP) is 1.69. The number of methoxy groups -OCH3 is 1. The van der Waals surface area contributed by atoms with Crippen molar-refractivity contribution in [2.24, 2.45) is 0 Å². The van der Waals surface area contributed by atoms with Crippen LogP contribution in [0.2, 0.25) is 0 Å². The molecule has 1 N–H and O–H groups in total. The van der Waals surface area contributed by atoms with E-state index in [0.29, 0.717) is 0 Å². The van der Waals surface area contributed by atoms with Gasteiger partial charge in [-0.2, -0.15) is 9.61 Å². The molecule has 0 aliphatic carbocycles. The Morgan fingerprint density at radius 3 is 2.85 bits per heavy atom. The van der Waals surface area contributed by atoms with Gasteiger partial charge in [-0.05, 0) is 25.1 Å². The van der Waals surface area contributed by atoms with Crippen molar-refractivity contribution in [2.75, 3.05) is 38.2 Å². The summed E-state index contributed by atoms with van der Waals surface area (Å²) >= 11 is 0. The van der Waals surface area contributed by atoms with E-state index in [4.69, 9.17) is 14.5 Å². The Labute approximate surface area is 157 Å². The summed E-state index contributed by atoms with van der Waals surface area (Å²) in [5.41, 5.74) is 3.43. The van der Waals surface area contributed by atoms with Crippen molar-refractivity contribution in [3.05, 3.63) is 47.8 Å². The molecule has 2 aromatic heterocycles. The maximum atomic E-state index is 6.13. The monoisotopic (exact) mass is 365 g/mol. The molecule has 0 spiro atoms. The van der Waals surface area contributed by atoms with Gasteiger partial charge >= 0.3 is 0 Å². The Morgan fingerprint density at radius 2 is 1.96 bits per heavy atom. The summed E-state index contributed by atoms with van der Waals surface area (Å²) in [6.07, 6.45) is 3.93. The average Bonchev–Trinajstić information content (AvgIpc) is 3.00. The molecule has 140 valence electrons. The maximum absolute atomic E-state index is 6.13. The number of anilines is 1. The first-order chi connectivity index (χ1) is 13.3. The van der Waals surface area contributed by atoms with E-state index in [1.807, 2.05) is 41.0 Å². The van der Waals surface area contributed by atoms with Crippen LogP contribution >= 0.6 is 0 Å². The van der Waals surface area contributed by atoms with E-state index in [9.17, 15) is 0 Å². The molecule has 0 unspecified atom stereocenters. The van der Waals surface area contributed by atoms with Crippen molar-refractivity contribution in [3.8, 4) is 11.5 Å². The van der Waals surface area contributed by atoms with Crippen LogP contribution in [0.25, 0.3) is 5.65 Å². The van der Waals surface area contributed by atoms with Crippen LogP contribution in [-0.4, -0.2) is 54.0 Å². The Bertz CT molecular complexity index is 964. The molecule has 1 saturated heterocycles. The van der Waals surface area contributed by atoms with Crippen molar-refractivity contribution >= 4 is 11.5 Å². The molecule has 0 bridgehead atoms. The standard InChI is InChI=1S/C20H23N5O2/c1-26-14-3-2-4-15(11-14)27-16-12-24(13-16)20-17-5-8-21-9-6-18(17)23-19-7-10-22-25(19)20/h2-4,7,10-11,16,21H,5-6,8-9,12-13H2,1H3. The normalized spacial score (nSPS) is 17.3. The first-order valence-corrected chi connectivity index (χ1v) is 9.43. The van der Waals surface area contributed by atoms with Crippen LogP contribution in [0.5, 0.6) is 11.5 Å². The quantitative estimate of drug-likeness (QED) is 0.759. The highest BCUT2D eigenvalue weighted by molar-refractivity contribution is 5.59. The molecule has 1 aromatic carbocycles. The van der Waals surface area contributed by atoms with E-state index in [2.05, 4.69) is 15.3 Å². The van der Waals surface area contributed by atoms with Crippen molar-refractivity contribution in [3.63, 3.8) is 0 Å². The van der Waals surface area contributed by atoms with E-state index < -0.39 is 0 Å². The number of hydrogen-bond acceptors (Lipinski definition) is 6. The number of fused-ring (bicyclic) bond motifs is 2. The second-order valence-electron chi connectivity index (χ2n) is 7.04. The van der Waals surface area contributed by atoms with E-state index in [-0.39, 0.29) is 6.10 Å². The topological polar surface area (TPSA) is 63.9 Å². The van der Waals surface area contributed by atoms with Crippen LogP contribution in [0.3, 0.4) is 0 Å². The van der Waals surface area contributed by atoms with Gasteiger partial charge in [0, 0.05) is 30.7 Å². The predicted molar refractivity (Wildman–Crippen MR) is 103 cm³/mol. The van der Waals surface area contributed by atoms with Crippen LogP contribution < -0.4 is 19.7 Å². The number of benzene rings is 1. The molecule has 4 heterocycles. The molecular weight excluding hydrogens is 342 g/mol. The molecule has 0 saturated carbocycles. The summed E-state index contributed by atoms with van der Waals surface area (Å²) in [6, 6.07) is 9.76. The summed E-state index contributed by atoms with van der Waals surface area (Å²) in [7, 11) is 1.67. The molecule has 27 heavy (non-hydrogen) atoms. The molecular formula is C20H23N5O2. The summed E-state index contributed by atoms with van der Waals surface area (Å²) in [5, 5.41) is 8.00. The van der Waals surface area contributed by atoms with Gasteiger partial charge in [-0.3, -0.25) is 0 Å². The van der Waals surface area contributed by atoms with Crippen LogP contribution in [0.15, 0.2) is 36.5 Å². The lowest BCUT2D eigenvalue weighted by Gasteiger charge is -2.41. The third kappa shape index (κ3) is 2.98. The van der Waals surface area contributed by atoms with Crippen LogP contribution in [0.1, 0.15) is 11.3 Å². The highest BCUT2D eigenvalue weighted by Crippen LogP contribution is 2.31. The molecule has 0 atom stereocenters.